The summed E-state index contributed by atoms with van der Waals surface area (Å²) in [5.74, 6) is -0.163. The molecule has 366 valence electrons. The van der Waals surface area contributed by atoms with E-state index in [1.807, 2.05) is 18.2 Å². The Hall–Kier alpha value is -5.68. The summed E-state index contributed by atoms with van der Waals surface area (Å²) in [6, 6.07) is 12.9. The molecule has 5 rings (SSSR count). The van der Waals surface area contributed by atoms with Crippen LogP contribution in [0.1, 0.15) is 12.0 Å². The molecule has 0 bridgehead atoms. The van der Waals surface area contributed by atoms with E-state index in [2.05, 4.69) is 15.3 Å². The predicted octanol–water partition coefficient (Wildman–Crippen LogP) is 3.93. The first-order chi connectivity index (χ1) is 32.4. The molecule has 1 fully saturated rings. The molecule has 3 amide bonds. The van der Waals surface area contributed by atoms with Gasteiger partial charge in [0.2, 0.25) is 24.1 Å². The summed E-state index contributed by atoms with van der Waals surface area (Å²) in [6.45, 7) is 4.80. The number of alkyl halides is 3. The van der Waals surface area contributed by atoms with E-state index in [0.29, 0.717) is 107 Å². The summed E-state index contributed by atoms with van der Waals surface area (Å²) >= 11 is 0. The molecule has 0 radical (unpaired) electrons. The quantitative estimate of drug-likeness (QED) is 0.0589. The highest BCUT2D eigenvalue weighted by atomic mass is 19.4. The zero-order chi connectivity index (χ0) is 48.0. The first kappa shape index (κ1) is 52.3. The van der Waals surface area contributed by atoms with Crippen molar-refractivity contribution in [3.63, 3.8) is 0 Å². The molecule has 2 aromatic heterocycles. The molecule has 1 saturated heterocycles. The number of carbonyl (C=O) groups excluding carboxylic acids is 3. The third-order valence-electron chi connectivity index (χ3n) is 10.5. The number of carbonyl (C=O) groups is 3. The molecule has 0 unspecified atom stereocenters. The van der Waals surface area contributed by atoms with Gasteiger partial charge in [0.1, 0.15) is 6.61 Å². The number of amides is 3. The number of halogens is 3. The van der Waals surface area contributed by atoms with Crippen molar-refractivity contribution in [1.29, 1.82) is 0 Å². The first-order valence-corrected chi connectivity index (χ1v) is 21.9. The molecule has 2 aromatic carbocycles. The van der Waals surface area contributed by atoms with Gasteiger partial charge < -0.3 is 58.3 Å². The minimum Gasteiger partial charge on any atom is -0.481 e. The van der Waals surface area contributed by atoms with Crippen LogP contribution in [0.5, 0.6) is 5.88 Å². The van der Waals surface area contributed by atoms with Crippen molar-refractivity contribution in [1.82, 2.24) is 20.2 Å². The van der Waals surface area contributed by atoms with Gasteiger partial charge in [-0.3, -0.25) is 24.3 Å². The number of hydrogen-bond donors (Lipinski definition) is 2. The molecule has 0 atom stereocenters. The lowest BCUT2D eigenvalue weighted by atomic mass is 10.0. The Morgan fingerprint density at radius 1 is 0.761 bits per heavy atom. The molecule has 4 aromatic rings. The molecular weight excluding hydrogens is 884 g/mol. The van der Waals surface area contributed by atoms with Gasteiger partial charge in [-0.25, -0.2) is 4.98 Å². The molecule has 67 heavy (non-hydrogen) atoms. The van der Waals surface area contributed by atoms with Crippen LogP contribution in [0.4, 0.5) is 35.9 Å². The molecule has 18 nitrogen and oxygen atoms in total. The van der Waals surface area contributed by atoms with Gasteiger partial charge in [0.15, 0.2) is 0 Å². The maximum Gasteiger partial charge on any atom is 0.418 e. The predicted molar refractivity (Wildman–Crippen MR) is 244 cm³/mol. The molecule has 21 heteroatoms. The van der Waals surface area contributed by atoms with Gasteiger partial charge in [-0.15, -0.1) is 0 Å². The van der Waals surface area contributed by atoms with E-state index < -0.39 is 24.3 Å². The Morgan fingerprint density at radius 2 is 1.36 bits per heavy atom. The van der Waals surface area contributed by atoms with Crippen molar-refractivity contribution in [3.8, 4) is 17.0 Å². The Labute approximate surface area is 387 Å². The van der Waals surface area contributed by atoms with Crippen molar-refractivity contribution in [3.05, 3.63) is 66.5 Å². The van der Waals surface area contributed by atoms with Gasteiger partial charge >= 0.3 is 6.18 Å². The number of aliphatic hydroxyl groups is 1. The molecule has 1 aliphatic rings. The lowest BCUT2D eigenvalue weighted by molar-refractivity contribution is -0.137. The van der Waals surface area contributed by atoms with Crippen molar-refractivity contribution in [2.75, 3.05) is 155 Å². The van der Waals surface area contributed by atoms with Crippen LogP contribution in [-0.2, 0) is 49.0 Å². The maximum absolute atomic E-state index is 14.9. The van der Waals surface area contributed by atoms with Gasteiger partial charge in [-0.05, 0) is 42.0 Å². The fourth-order valence-corrected chi connectivity index (χ4v) is 7.05. The van der Waals surface area contributed by atoms with Crippen LogP contribution in [0.25, 0.3) is 22.0 Å². The highest BCUT2D eigenvalue weighted by Gasteiger charge is 2.37. The smallest absolute Gasteiger partial charge is 0.418 e. The average molecular weight is 944 g/mol. The Balaban J connectivity index is 1.03. The second kappa shape index (κ2) is 27.2. The van der Waals surface area contributed by atoms with Crippen LogP contribution < -0.4 is 24.8 Å². The van der Waals surface area contributed by atoms with E-state index >= 15 is 0 Å². The van der Waals surface area contributed by atoms with E-state index in [9.17, 15) is 27.6 Å². The number of rotatable bonds is 29. The molecule has 0 aliphatic carbocycles. The fraction of sp³-hybridized carbons (Fsp3) is 0.500. The summed E-state index contributed by atoms with van der Waals surface area (Å²) in [5, 5.41) is 11.6. The second-order valence-electron chi connectivity index (χ2n) is 15.2. The highest BCUT2D eigenvalue weighted by molar-refractivity contribution is 6.07. The monoisotopic (exact) mass is 943 g/mol. The zero-order valence-corrected chi connectivity index (χ0v) is 38.1. The third kappa shape index (κ3) is 16.0. The van der Waals surface area contributed by atoms with E-state index in [4.69, 9.17) is 38.3 Å². The van der Waals surface area contributed by atoms with Gasteiger partial charge in [0.05, 0.1) is 121 Å². The minimum absolute atomic E-state index is 0.0216. The number of aliphatic hydroxyl groups excluding tert-OH is 1. The van der Waals surface area contributed by atoms with E-state index in [1.54, 1.807) is 53.3 Å². The number of anilines is 4. The number of aromatic nitrogens is 2. The Kier molecular flexibility index (Phi) is 21.2. The van der Waals surface area contributed by atoms with Crippen molar-refractivity contribution in [2.24, 2.45) is 0 Å². The largest absolute Gasteiger partial charge is 0.481 e. The summed E-state index contributed by atoms with van der Waals surface area (Å²) in [5.41, 5.74) is 2.03. The van der Waals surface area contributed by atoms with Gasteiger partial charge in [0.25, 0.3) is 0 Å². The number of pyridine rings is 2. The van der Waals surface area contributed by atoms with Crippen LogP contribution in [0, 0.1) is 0 Å². The number of fused-ring (bicyclic) bond motifs is 1. The molecule has 0 saturated carbocycles. The Morgan fingerprint density at radius 3 is 1.90 bits per heavy atom. The van der Waals surface area contributed by atoms with E-state index in [-0.39, 0.29) is 63.1 Å². The normalized spacial score (nSPS) is 12.9. The van der Waals surface area contributed by atoms with Crippen LogP contribution in [-0.4, -0.2) is 178 Å². The number of benzene rings is 2. The second-order valence-corrected chi connectivity index (χ2v) is 15.2. The van der Waals surface area contributed by atoms with Crippen molar-refractivity contribution < 1.29 is 65.8 Å². The maximum atomic E-state index is 14.9. The molecule has 2 N–H and O–H groups in total. The first-order valence-electron chi connectivity index (χ1n) is 21.9. The topological polar surface area (TPSA) is 187 Å². The summed E-state index contributed by atoms with van der Waals surface area (Å²) in [4.78, 5) is 51.9. The van der Waals surface area contributed by atoms with Crippen LogP contribution in [0.2, 0.25) is 0 Å². The van der Waals surface area contributed by atoms with Gasteiger partial charge in [-0.1, -0.05) is 6.07 Å². The number of ether oxygens (including phenoxy) is 7. The SMILES string of the molecule is COc1ccc(-c2ccc3ncc(N(C)C)c(N(C=O)c4ccc(N5CCN(C(=O)CCOCCOCCOCCOCCOCCOCCNC(=O)CO)CC5)c(C(F)(F)F)c4)c3c2)cn1. The van der Waals surface area contributed by atoms with Crippen LogP contribution >= 0.6 is 0 Å². The van der Waals surface area contributed by atoms with Gasteiger partial charge in [0, 0.05) is 81.4 Å². The lowest BCUT2D eigenvalue weighted by Crippen LogP contribution is -2.49. The average Bonchev–Trinajstić information content (AvgIpc) is 3.34. The van der Waals surface area contributed by atoms with Crippen molar-refractivity contribution >= 4 is 51.9 Å². The standard InChI is InChI=1S/C46H60F3N7O11/c1-53(2)41-31-51-39-7-4-34(35-5-9-43(61-3)52-30-35)28-37(39)45(41)56(33-58)36-6-8-40(38(29-36)46(47,48)49)54-12-14-55(15-13-54)44(60)10-16-62-18-20-64-22-24-66-26-27-67-25-23-65-21-19-63-17-11-50-42(59)32-57/h4-9,28-31,33,57H,10-27,32H2,1-3H3,(H,50,59). The molecular formula is C46H60F3N7O11. The molecule has 0 spiro atoms. The molecule has 1 aliphatic heterocycles. The number of methoxy groups -OCH3 is 1. The highest BCUT2D eigenvalue weighted by Crippen LogP contribution is 2.44. The Bertz CT molecular complexity index is 2160. The number of nitrogens with one attached hydrogen (secondary N) is 1. The summed E-state index contributed by atoms with van der Waals surface area (Å²) in [6.07, 6.45) is -0.892. The molecule has 3 heterocycles. The van der Waals surface area contributed by atoms with Gasteiger partial charge in [-0.2, -0.15) is 13.2 Å². The minimum atomic E-state index is -4.75. The summed E-state index contributed by atoms with van der Waals surface area (Å²) in [7, 11) is 5.05. The van der Waals surface area contributed by atoms with Crippen LogP contribution in [0.3, 0.4) is 0 Å². The number of nitrogens with zero attached hydrogens (tertiary/aromatic N) is 6. The number of hydrogen-bond acceptors (Lipinski definition) is 15. The zero-order valence-electron chi connectivity index (χ0n) is 38.1. The third-order valence-corrected chi connectivity index (χ3v) is 10.5. The fourth-order valence-electron chi connectivity index (χ4n) is 7.05. The summed E-state index contributed by atoms with van der Waals surface area (Å²) < 4.78 is 82.5. The van der Waals surface area contributed by atoms with Crippen LogP contribution in [0.15, 0.2) is 60.9 Å². The van der Waals surface area contributed by atoms with Crippen molar-refractivity contribution in [2.45, 2.75) is 12.6 Å². The van der Waals surface area contributed by atoms with E-state index in [0.717, 1.165) is 17.2 Å². The lowest BCUT2D eigenvalue weighted by Gasteiger charge is -2.37. The number of piperazine rings is 1. The van der Waals surface area contributed by atoms with E-state index in [1.165, 1.54) is 24.1 Å².